The number of fused-ring (bicyclic) bond motifs is 1. The van der Waals surface area contributed by atoms with E-state index in [1.165, 1.54) is 0 Å². The molecule has 3 aromatic carbocycles. The minimum Gasteiger partial charge on any atom is -0.480 e. The van der Waals surface area contributed by atoms with Crippen LogP contribution in [0.4, 0.5) is 0 Å². The number of nitrogens with one attached hydrogen (secondary N) is 1. The van der Waals surface area contributed by atoms with Crippen LogP contribution in [-0.4, -0.2) is 55.0 Å². The first-order valence-corrected chi connectivity index (χ1v) is 14.6. The molecule has 0 radical (unpaired) electrons. The first-order valence-electron chi connectivity index (χ1n) is 13.2. The van der Waals surface area contributed by atoms with Gasteiger partial charge in [0.2, 0.25) is 6.79 Å². The molecule has 0 aromatic heterocycles. The van der Waals surface area contributed by atoms with Crippen molar-refractivity contribution < 1.29 is 33.6 Å². The summed E-state index contributed by atoms with van der Waals surface area (Å²) in [6.45, 7) is 5.32. The van der Waals surface area contributed by atoms with Crippen molar-refractivity contribution in [1.82, 2.24) is 5.32 Å². The number of hydrogen-bond donors (Lipinski definition) is 2. The molecule has 1 aliphatic rings. The molecule has 2 atom stereocenters. The van der Waals surface area contributed by atoms with Crippen LogP contribution in [0.1, 0.15) is 46.5 Å². The second-order valence-electron chi connectivity index (χ2n) is 9.41. The van der Waals surface area contributed by atoms with Crippen LogP contribution in [0, 0.1) is 6.92 Å². The van der Waals surface area contributed by atoms with E-state index in [-0.39, 0.29) is 19.5 Å². The van der Waals surface area contributed by atoms with E-state index in [1.54, 1.807) is 17.8 Å². The molecule has 9 heteroatoms. The Labute approximate surface area is 239 Å². The Morgan fingerprint density at radius 1 is 1.05 bits per heavy atom. The molecule has 0 fully saturated rings. The van der Waals surface area contributed by atoms with Crippen molar-refractivity contribution in [1.29, 1.82) is 0 Å². The molecule has 3 aromatic rings. The van der Waals surface area contributed by atoms with Gasteiger partial charge in [0.25, 0.3) is 5.91 Å². The van der Waals surface area contributed by atoms with Crippen molar-refractivity contribution in [2.24, 2.45) is 0 Å². The molecular formula is C31H35NO7S. The van der Waals surface area contributed by atoms with E-state index >= 15 is 0 Å². The monoisotopic (exact) mass is 565 g/mol. The summed E-state index contributed by atoms with van der Waals surface area (Å²) in [7, 11) is 0. The Morgan fingerprint density at radius 3 is 2.60 bits per heavy atom. The zero-order valence-electron chi connectivity index (χ0n) is 23.0. The summed E-state index contributed by atoms with van der Waals surface area (Å²) in [4.78, 5) is 25.1. The molecule has 0 saturated heterocycles. The predicted octanol–water partition coefficient (Wildman–Crippen LogP) is 5.62. The van der Waals surface area contributed by atoms with Crippen LogP contribution >= 0.6 is 11.8 Å². The molecule has 1 heterocycles. The zero-order chi connectivity index (χ0) is 28.5. The lowest BCUT2D eigenvalue weighted by atomic mass is 9.93. The average Bonchev–Trinajstić information content (AvgIpc) is 3.43. The maximum absolute atomic E-state index is 13.4. The third-order valence-corrected chi connectivity index (χ3v) is 7.31. The molecule has 8 nitrogen and oxygen atoms in total. The highest BCUT2D eigenvalue weighted by molar-refractivity contribution is 7.98. The van der Waals surface area contributed by atoms with Crippen LogP contribution in [0.2, 0.25) is 0 Å². The highest BCUT2D eigenvalue weighted by Crippen LogP contribution is 2.35. The maximum Gasteiger partial charge on any atom is 0.326 e. The van der Waals surface area contributed by atoms with Crippen molar-refractivity contribution in [3.63, 3.8) is 0 Å². The number of benzene rings is 3. The van der Waals surface area contributed by atoms with E-state index in [0.29, 0.717) is 42.4 Å². The number of carboxylic acids is 1. The summed E-state index contributed by atoms with van der Waals surface area (Å²) in [6, 6.07) is 18.1. The van der Waals surface area contributed by atoms with Gasteiger partial charge in [-0.25, -0.2) is 4.79 Å². The fourth-order valence-corrected chi connectivity index (χ4v) is 4.95. The van der Waals surface area contributed by atoms with Gasteiger partial charge >= 0.3 is 5.97 Å². The largest absolute Gasteiger partial charge is 0.480 e. The fraction of sp³-hybridized carbons (Fsp3) is 0.355. The minimum atomic E-state index is -1.05. The molecular weight excluding hydrogens is 530 g/mol. The lowest BCUT2D eigenvalue weighted by Crippen LogP contribution is -2.41. The maximum atomic E-state index is 13.4. The van der Waals surface area contributed by atoms with Gasteiger partial charge < -0.3 is 29.4 Å². The Morgan fingerprint density at radius 2 is 1.85 bits per heavy atom. The first-order chi connectivity index (χ1) is 19.4. The Hall–Kier alpha value is -3.53. The van der Waals surface area contributed by atoms with Gasteiger partial charge in [0.05, 0.1) is 13.2 Å². The number of aliphatic carboxylic acids is 1. The lowest BCUT2D eigenvalue weighted by Gasteiger charge is -2.20. The number of aryl methyl sites for hydroxylation is 1. The van der Waals surface area contributed by atoms with Crippen LogP contribution < -0.4 is 14.8 Å². The van der Waals surface area contributed by atoms with Gasteiger partial charge in [-0.1, -0.05) is 36.4 Å². The van der Waals surface area contributed by atoms with Crippen LogP contribution in [-0.2, 0) is 20.9 Å². The summed E-state index contributed by atoms with van der Waals surface area (Å²) in [5.41, 5.74) is 4.81. The van der Waals surface area contributed by atoms with E-state index in [9.17, 15) is 14.7 Å². The van der Waals surface area contributed by atoms with Crippen LogP contribution in [0.15, 0.2) is 60.7 Å². The van der Waals surface area contributed by atoms with Crippen LogP contribution in [0.3, 0.4) is 0 Å². The number of carbonyl (C=O) groups is 2. The number of hydrogen-bond acceptors (Lipinski definition) is 7. The second-order valence-corrected chi connectivity index (χ2v) is 10.4. The third kappa shape index (κ3) is 7.35. The average molecular weight is 566 g/mol. The van der Waals surface area contributed by atoms with Gasteiger partial charge in [0.1, 0.15) is 12.1 Å². The van der Waals surface area contributed by atoms with Gasteiger partial charge in [-0.15, -0.1) is 0 Å². The predicted molar refractivity (Wildman–Crippen MR) is 155 cm³/mol. The number of rotatable bonds is 14. The zero-order valence-corrected chi connectivity index (χ0v) is 23.8. The third-order valence-electron chi connectivity index (χ3n) is 6.67. The summed E-state index contributed by atoms with van der Waals surface area (Å²) >= 11 is 1.54. The van der Waals surface area contributed by atoms with E-state index in [1.807, 2.05) is 74.7 Å². The smallest absolute Gasteiger partial charge is 0.326 e. The summed E-state index contributed by atoms with van der Waals surface area (Å²) < 4.78 is 23.0. The number of carboxylic acid groups (broad SMARTS) is 1. The molecule has 40 heavy (non-hydrogen) atoms. The molecule has 2 N–H and O–H groups in total. The van der Waals surface area contributed by atoms with Crippen molar-refractivity contribution in [2.45, 2.75) is 39.0 Å². The summed E-state index contributed by atoms with van der Waals surface area (Å²) in [5.74, 6) is 0.540. The number of ether oxygens (including phenoxy) is 4. The molecule has 1 aliphatic heterocycles. The van der Waals surface area contributed by atoms with Gasteiger partial charge in [-0.05, 0) is 84.4 Å². The molecule has 0 saturated carbocycles. The quantitative estimate of drug-likeness (QED) is 0.260. The van der Waals surface area contributed by atoms with Crippen LogP contribution in [0.5, 0.6) is 11.5 Å². The molecule has 212 valence electrons. The van der Waals surface area contributed by atoms with E-state index in [2.05, 4.69) is 5.32 Å². The topological polar surface area (TPSA) is 103 Å². The Kier molecular flexibility index (Phi) is 10.5. The number of thioether (sulfide) groups is 1. The van der Waals surface area contributed by atoms with Crippen molar-refractivity contribution >= 4 is 23.6 Å². The van der Waals surface area contributed by atoms with E-state index in [0.717, 1.165) is 27.8 Å². The standard InChI is InChI=1S/C31H35NO7S/c1-4-36-18-29(22-10-12-27-28(16-22)39-19-38-27)37-17-21-9-11-24(25(15-21)23-8-6-5-7-20(23)2)30(33)32-26(31(34)35)13-14-40-3/h5-12,15-16,26,29H,4,13-14,17-19H2,1-3H3,(H,32,33)(H,34,35). The Bertz CT molecular complexity index is 1330. The molecule has 4 rings (SSSR count). The number of amides is 1. The first kappa shape index (κ1) is 29.5. The SMILES string of the molecule is CCOCC(OCc1ccc(C(=O)NC(CCSC)C(=O)O)c(-c2ccccc2C)c1)c1ccc2c(c1)OCO2. The van der Waals surface area contributed by atoms with Crippen molar-refractivity contribution in [3.05, 3.63) is 82.9 Å². The molecule has 0 bridgehead atoms. The molecule has 0 aliphatic carbocycles. The van der Waals surface area contributed by atoms with Gasteiger partial charge in [0, 0.05) is 12.2 Å². The summed E-state index contributed by atoms with van der Waals surface area (Å²) in [6.07, 6.45) is 1.91. The highest BCUT2D eigenvalue weighted by Gasteiger charge is 2.23. The minimum absolute atomic E-state index is 0.197. The second kappa shape index (κ2) is 14.2. The van der Waals surface area contributed by atoms with Gasteiger partial charge in [0.15, 0.2) is 11.5 Å². The van der Waals surface area contributed by atoms with Crippen LogP contribution in [0.25, 0.3) is 11.1 Å². The Balaban J connectivity index is 1.60. The molecule has 1 amide bonds. The summed E-state index contributed by atoms with van der Waals surface area (Å²) in [5, 5.41) is 12.3. The van der Waals surface area contributed by atoms with Crippen molar-refractivity contribution in [2.75, 3.05) is 32.0 Å². The van der Waals surface area contributed by atoms with Gasteiger partial charge in [-0.2, -0.15) is 11.8 Å². The number of carbonyl (C=O) groups excluding carboxylic acids is 1. The molecule has 0 spiro atoms. The van der Waals surface area contributed by atoms with Crippen molar-refractivity contribution in [3.8, 4) is 22.6 Å². The van der Waals surface area contributed by atoms with E-state index in [4.69, 9.17) is 18.9 Å². The van der Waals surface area contributed by atoms with Gasteiger partial charge in [-0.3, -0.25) is 4.79 Å². The lowest BCUT2D eigenvalue weighted by molar-refractivity contribution is -0.139. The molecule has 2 unspecified atom stereocenters. The fourth-order valence-electron chi connectivity index (χ4n) is 4.48. The normalized spacial score (nSPS) is 13.6. The van der Waals surface area contributed by atoms with E-state index < -0.39 is 17.9 Å². The highest BCUT2D eigenvalue weighted by atomic mass is 32.2.